The van der Waals surface area contributed by atoms with Crippen molar-refractivity contribution in [3.8, 4) is 0 Å². The summed E-state index contributed by atoms with van der Waals surface area (Å²) in [5.41, 5.74) is 6.93. The molecule has 1 saturated heterocycles. The molecule has 0 bridgehead atoms. The Hall–Kier alpha value is -1.13. The summed E-state index contributed by atoms with van der Waals surface area (Å²) in [6.07, 6.45) is 2.79. The van der Waals surface area contributed by atoms with Crippen LogP contribution in [0.3, 0.4) is 0 Å². The molecule has 0 spiro atoms. The van der Waals surface area contributed by atoms with E-state index in [4.69, 9.17) is 10.8 Å². The van der Waals surface area contributed by atoms with Crippen molar-refractivity contribution in [3.63, 3.8) is 0 Å². The SMILES string of the molecule is NCc1ccc(N2CCCC2CCO)c(F)c1. The van der Waals surface area contributed by atoms with Crippen LogP contribution in [-0.4, -0.2) is 24.3 Å². The number of halogens is 1. The van der Waals surface area contributed by atoms with Crippen molar-refractivity contribution < 1.29 is 9.50 Å². The molecule has 0 aliphatic carbocycles. The van der Waals surface area contributed by atoms with E-state index < -0.39 is 0 Å². The molecule has 1 aromatic rings. The lowest BCUT2D eigenvalue weighted by Crippen LogP contribution is -2.30. The van der Waals surface area contributed by atoms with Gasteiger partial charge in [-0.1, -0.05) is 6.07 Å². The van der Waals surface area contributed by atoms with Crippen molar-refractivity contribution in [2.24, 2.45) is 5.73 Å². The first-order valence-corrected chi connectivity index (χ1v) is 6.12. The summed E-state index contributed by atoms with van der Waals surface area (Å²) < 4.78 is 13.9. The van der Waals surface area contributed by atoms with Crippen LogP contribution in [0, 0.1) is 5.82 Å². The van der Waals surface area contributed by atoms with Crippen LogP contribution in [0.2, 0.25) is 0 Å². The highest BCUT2D eigenvalue weighted by Gasteiger charge is 2.26. The number of aliphatic hydroxyl groups excluding tert-OH is 1. The first-order chi connectivity index (χ1) is 8.26. The number of rotatable bonds is 4. The van der Waals surface area contributed by atoms with Crippen molar-refractivity contribution >= 4 is 5.69 Å². The van der Waals surface area contributed by atoms with Gasteiger partial charge in [-0.3, -0.25) is 0 Å². The highest BCUT2D eigenvalue weighted by Crippen LogP contribution is 2.29. The third kappa shape index (κ3) is 2.58. The average Bonchev–Trinajstić information content (AvgIpc) is 2.77. The molecule has 2 rings (SSSR count). The van der Waals surface area contributed by atoms with Crippen LogP contribution in [0.1, 0.15) is 24.8 Å². The normalized spacial score (nSPS) is 19.9. The fraction of sp³-hybridized carbons (Fsp3) is 0.538. The standard InChI is InChI=1S/C13H19FN2O/c14-12-8-10(9-15)3-4-13(12)16-6-1-2-11(16)5-7-17/h3-4,8,11,17H,1-2,5-7,9,15H2. The van der Waals surface area contributed by atoms with Crippen LogP contribution in [0.5, 0.6) is 0 Å². The fourth-order valence-corrected chi connectivity index (χ4v) is 2.51. The molecular formula is C13H19FN2O. The van der Waals surface area contributed by atoms with E-state index >= 15 is 0 Å². The summed E-state index contributed by atoms with van der Waals surface area (Å²) in [7, 11) is 0. The van der Waals surface area contributed by atoms with Crippen LogP contribution < -0.4 is 10.6 Å². The lowest BCUT2D eigenvalue weighted by Gasteiger charge is -2.27. The Balaban J connectivity index is 2.21. The van der Waals surface area contributed by atoms with Crippen molar-refractivity contribution in [2.75, 3.05) is 18.1 Å². The Kier molecular flexibility index (Phi) is 3.97. The maximum Gasteiger partial charge on any atom is 0.146 e. The smallest absolute Gasteiger partial charge is 0.146 e. The predicted molar refractivity (Wildman–Crippen MR) is 66.4 cm³/mol. The number of nitrogens with zero attached hydrogens (tertiary/aromatic N) is 1. The van der Waals surface area contributed by atoms with Gasteiger partial charge < -0.3 is 15.7 Å². The van der Waals surface area contributed by atoms with Gasteiger partial charge in [0.2, 0.25) is 0 Å². The van der Waals surface area contributed by atoms with Crippen molar-refractivity contribution in [1.82, 2.24) is 0 Å². The molecule has 1 fully saturated rings. The summed E-state index contributed by atoms with van der Waals surface area (Å²) in [6, 6.07) is 5.43. The minimum atomic E-state index is -0.210. The number of benzene rings is 1. The largest absolute Gasteiger partial charge is 0.396 e. The average molecular weight is 238 g/mol. The minimum Gasteiger partial charge on any atom is -0.396 e. The number of nitrogens with two attached hydrogens (primary N) is 1. The number of anilines is 1. The first-order valence-electron chi connectivity index (χ1n) is 6.12. The Labute approximate surface area is 101 Å². The molecule has 1 aromatic carbocycles. The Morgan fingerprint density at radius 3 is 2.94 bits per heavy atom. The molecule has 1 aliphatic rings. The van der Waals surface area contributed by atoms with E-state index in [0.717, 1.165) is 24.9 Å². The molecule has 0 radical (unpaired) electrons. The van der Waals surface area contributed by atoms with Gasteiger partial charge in [0.1, 0.15) is 5.82 Å². The number of hydrogen-bond acceptors (Lipinski definition) is 3. The van der Waals surface area contributed by atoms with Gasteiger partial charge in [-0.2, -0.15) is 0 Å². The van der Waals surface area contributed by atoms with E-state index in [9.17, 15) is 4.39 Å². The summed E-state index contributed by atoms with van der Waals surface area (Å²) in [5.74, 6) is -0.210. The van der Waals surface area contributed by atoms with Crippen LogP contribution in [0.25, 0.3) is 0 Å². The number of hydrogen-bond donors (Lipinski definition) is 2. The van der Waals surface area contributed by atoms with Crippen LogP contribution in [-0.2, 0) is 6.54 Å². The van der Waals surface area contributed by atoms with Crippen molar-refractivity contribution in [2.45, 2.75) is 31.8 Å². The van der Waals surface area contributed by atoms with Gasteiger partial charge in [-0.25, -0.2) is 4.39 Å². The summed E-state index contributed by atoms with van der Waals surface area (Å²) in [6.45, 7) is 1.38. The van der Waals surface area contributed by atoms with Gasteiger partial charge >= 0.3 is 0 Å². The van der Waals surface area contributed by atoms with E-state index in [2.05, 4.69) is 4.90 Å². The van der Waals surface area contributed by atoms with E-state index in [1.807, 2.05) is 6.07 Å². The van der Waals surface area contributed by atoms with Gasteiger partial charge in [0, 0.05) is 25.7 Å². The fourth-order valence-electron chi connectivity index (χ4n) is 2.51. The quantitative estimate of drug-likeness (QED) is 0.838. The molecule has 1 aliphatic heterocycles. The molecule has 1 heterocycles. The second kappa shape index (κ2) is 5.47. The predicted octanol–water partition coefficient (Wildman–Crippen LogP) is 1.64. The summed E-state index contributed by atoms with van der Waals surface area (Å²) in [4.78, 5) is 2.06. The summed E-state index contributed by atoms with van der Waals surface area (Å²) >= 11 is 0. The third-order valence-corrected chi connectivity index (χ3v) is 3.40. The molecule has 17 heavy (non-hydrogen) atoms. The summed E-state index contributed by atoms with van der Waals surface area (Å²) in [5, 5.41) is 9.01. The van der Waals surface area contributed by atoms with Gasteiger partial charge in [0.25, 0.3) is 0 Å². The van der Waals surface area contributed by atoms with Crippen LogP contribution in [0.4, 0.5) is 10.1 Å². The van der Waals surface area contributed by atoms with E-state index in [1.165, 1.54) is 6.07 Å². The Morgan fingerprint density at radius 1 is 1.47 bits per heavy atom. The molecule has 3 N–H and O–H groups in total. The van der Waals surface area contributed by atoms with E-state index in [0.29, 0.717) is 18.7 Å². The molecule has 0 saturated carbocycles. The lowest BCUT2D eigenvalue weighted by atomic mass is 10.1. The highest BCUT2D eigenvalue weighted by atomic mass is 19.1. The third-order valence-electron chi connectivity index (χ3n) is 3.40. The van der Waals surface area contributed by atoms with E-state index in [1.54, 1.807) is 6.07 Å². The maximum absolute atomic E-state index is 13.9. The second-order valence-corrected chi connectivity index (χ2v) is 4.49. The zero-order chi connectivity index (χ0) is 12.3. The molecule has 1 unspecified atom stereocenters. The minimum absolute atomic E-state index is 0.156. The topological polar surface area (TPSA) is 49.5 Å². The Bertz CT molecular complexity index is 384. The van der Waals surface area contributed by atoms with Crippen molar-refractivity contribution in [3.05, 3.63) is 29.6 Å². The first kappa shape index (κ1) is 12.3. The lowest BCUT2D eigenvalue weighted by molar-refractivity contribution is 0.275. The maximum atomic E-state index is 13.9. The molecule has 1 atom stereocenters. The zero-order valence-corrected chi connectivity index (χ0v) is 9.90. The van der Waals surface area contributed by atoms with E-state index in [-0.39, 0.29) is 18.5 Å². The Morgan fingerprint density at radius 2 is 2.29 bits per heavy atom. The molecule has 4 heteroatoms. The molecule has 0 aromatic heterocycles. The second-order valence-electron chi connectivity index (χ2n) is 4.49. The van der Waals surface area contributed by atoms with Gasteiger partial charge in [-0.15, -0.1) is 0 Å². The number of aliphatic hydroxyl groups is 1. The van der Waals surface area contributed by atoms with Crippen LogP contribution >= 0.6 is 0 Å². The highest BCUT2D eigenvalue weighted by molar-refractivity contribution is 5.51. The van der Waals surface area contributed by atoms with Gasteiger partial charge in [-0.05, 0) is 37.0 Å². The molecule has 0 amide bonds. The molecule has 3 nitrogen and oxygen atoms in total. The zero-order valence-electron chi connectivity index (χ0n) is 9.90. The van der Waals surface area contributed by atoms with Gasteiger partial charge in [0.15, 0.2) is 0 Å². The van der Waals surface area contributed by atoms with Gasteiger partial charge in [0.05, 0.1) is 5.69 Å². The van der Waals surface area contributed by atoms with Crippen LogP contribution in [0.15, 0.2) is 18.2 Å². The molecule has 94 valence electrons. The monoisotopic (exact) mass is 238 g/mol. The van der Waals surface area contributed by atoms with Crippen molar-refractivity contribution in [1.29, 1.82) is 0 Å². The molecular weight excluding hydrogens is 219 g/mol.